The average molecular weight is 321 g/mol. The van der Waals surface area contributed by atoms with Crippen molar-refractivity contribution >= 4 is 17.5 Å². The van der Waals surface area contributed by atoms with Crippen molar-refractivity contribution in [1.29, 1.82) is 0 Å². The minimum absolute atomic E-state index is 0.151. The lowest BCUT2D eigenvalue weighted by molar-refractivity contribution is -0.140. The second kappa shape index (κ2) is 5.71. The highest BCUT2D eigenvalue weighted by molar-refractivity contribution is 6.45. The van der Waals surface area contributed by atoms with E-state index in [0.717, 1.165) is 11.1 Å². The molecule has 0 N–H and O–H groups in total. The molecule has 0 saturated carbocycles. The van der Waals surface area contributed by atoms with Crippen molar-refractivity contribution in [3.8, 4) is 11.1 Å². The van der Waals surface area contributed by atoms with Gasteiger partial charge in [0.1, 0.15) is 5.71 Å². The van der Waals surface area contributed by atoms with Gasteiger partial charge in [-0.15, -0.1) is 0 Å². The maximum atomic E-state index is 12.5. The van der Waals surface area contributed by atoms with Crippen molar-refractivity contribution in [3.05, 3.63) is 59.2 Å². The normalized spacial score (nSPS) is 14.8. The first-order valence-corrected chi connectivity index (χ1v) is 7.83. The van der Waals surface area contributed by atoms with Crippen molar-refractivity contribution in [2.45, 2.75) is 33.1 Å². The number of ketones is 1. The Morgan fingerprint density at radius 2 is 1.62 bits per heavy atom. The standard InChI is InChI=1S/C20H19NO3/c1-12(21-24-13(2)22)19(23)14-9-10-16-15-7-5-6-8-17(15)20(3,4)18(16)11-14/h5-11H,1-4H3/b21-12-. The molecule has 4 heteroatoms. The number of hydrogen-bond donors (Lipinski definition) is 0. The zero-order valence-corrected chi connectivity index (χ0v) is 14.2. The third-order valence-electron chi connectivity index (χ3n) is 4.49. The fourth-order valence-electron chi connectivity index (χ4n) is 3.23. The molecule has 0 unspecified atom stereocenters. The van der Waals surface area contributed by atoms with Crippen molar-refractivity contribution in [1.82, 2.24) is 0 Å². The largest absolute Gasteiger partial charge is 0.331 e. The van der Waals surface area contributed by atoms with Gasteiger partial charge in [-0.1, -0.05) is 55.4 Å². The summed E-state index contributed by atoms with van der Waals surface area (Å²) in [6, 6.07) is 14.0. The molecule has 2 aromatic carbocycles. The van der Waals surface area contributed by atoms with Gasteiger partial charge in [-0.2, -0.15) is 0 Å². The first kappa shape index (κ1) is 16.1. The third kappa shape index (κ3) is 2.54. The Bertz CT molecular complexity index is 878. The molecule has 0 radical (unpaired) electrons. The molecule has 1 aliphatic carbocycles. The average Bonchev–Trinajstić information content (AvgIpc) is 2.80. The predicted octanol–water partition coefficient (Wildman–Crippen LogP) is 4.11. The monoisotopic (exact) mass is 321 g/mol. The molecule has 24 heavy (non-hydrogen) atoms. The van der Waals surface area contributed by atoms with Crippen LogP contribution in [0.3, 0.4) is 0 Å². The Morgan fingerprint density at radius 3 is 2.33 bits per heavy atom. The van der Waals surface area contributed by atoms with Crippen molar-refractivity contribution in [2.24, 2.45) is 5.16 Å². The Hall–Kier alpha value is -2.75. The first-order chi connectivity index (χ1) is 11.3. The zero-order chi connectivity index (χ0) is 17.5. The van der Waals surface area contributed by atoms with Crippen LogP contribution in [-0.2, 0) is 15.0 Å². The molecule has 2 aromatic rings. The summed E-state index contributed by atoms with van der Waals surface area (Å²) in [4.78, 5) is 27.9. The molecule has 0 amide bonds. The molecule has 3 rings (SSSR count). The highest BCUT2D eigenvalue weighted by atomic mass is 16.7. The van der Waals surface area contributed by atoms with Crippen molar-refractivity contribution in [3.63, 3.8) is 0 Å². The summed E-state index contributed by atoms with van der Waals surface area (Å²) in [5.74, 6) is -0.793. The second-order valence-corrected chi connectivity index (χ2v) is 6.52. The fraction of sp³-hybridized carbons (Fsp3) is 0.250. The van der Waals surface area contributed by atoms with E-state index in [1.165, 1.54) is 18.1 Å². The molecule has 0 heterocycles. The molecule has 0 aliphatic heterocycles. The highest BCUT2D eigenvalue weighted by Gasteiger charge is 2.35. The summed E-state index contributed by atoms with van der Waals surface area (Å²) in [5, 5.41) is 3.59. The Labute approximate surface area is 141 Å². The van der Waals surface area contributed by atoms with E-state index in [4.69, 9.17) is 0 Å². The lowest BCUT2D eigenvalue weighted by Crippen LogP contribution is -2.17. The van der Waals surface area contributed by atoms with Gasteiger partial charge < -0.3 is 4.84 Å². The minimum Gasteiger partial charge on any atom is -0.318 e. The first-order valence-electron chi connectivity index (χ1n) is 7.83. The van der Waals surface area contributed by atoms with Crippen LogP contribution in [-0.4, -0.2) is 17.5 Å². The van der Waals surface area contributed by atoms with Gasteiger partial charge in [0.05, 0.1) is 0 Å². The number of oxime groups is 1. The molecule has 0 aromatic heterocycles. The number of carbonyl (C=O) groups excluding carboxylic acids is 2. The molecule has 0 fully saturated rings. The quantitative estimate of drug-likeness (QED) is 0.370. The fourth-order valence-corrected chi connectivity index (χ4v) is 3.23. The van der Waals surface area contributed by atoms with Crippen LogP contribution < -0.4 is 0 Å². The van der Waals surface area contributed by atoms with Crippen LogP contribution in [0.1, 0.15) is 49.2 Å². The van der Waals surface area contributed by atoms with Crippen LogP contribution in [0.2, 0.25) is 0 Å². The molecular weight excluding hydrogens is 302 g/mol. The van der Waals surface area contributed by atoms with Crippen LogP contribution in [0.25, 0.3) is 11.1 Å². The topological polar surface area (TPSA) is 55.7 Å². The second-order valence-electron chi connectivity index (χ2n) is 6.52. The highest BCUT2D eigenvalue weighted by Crippen LogP contribution is 2.48. The van der Waals surface area contributed by atoms with Gasteiger partial charge in [-0.3, -0.25) is 4.79 Å². The van der Waals surface area contributed by atoms with Gasteiger partial charge in [-0.05, 0) is 35.2 Å². The predicted molar refractivity (Wildman–Crippen MR) is 93.2 cm³/mol. The van der Waals surface area contributed by atoms with E-state index in [0.29, 0.717) is 5.56 Å². The van der Waals surface area contributed by atoms with Gasteiger partial charge >= 0.3 is 5.97 Å². The minimum atomic E-state index is -0.548. The van der Waals surface area contributed by atoms with Gasteiger partial charge in [0, 0.05) is 17.9 Å². The number of fused-ring (bicyclic) bond motifs is 3. The molecule has 0 saturated heterocycles. The van der Waals surface area contributed by atoms with Crippen molar-refractivity contribution in [2.75, 3.05) is 0 Å². The molecule has 0 spiro atoms. The summed E-state index contributed by atoms with van der Waals surface area (Å²) in [6.07, 6.45) is 0. The molecule has 122 valence electrons. The zero-order valence-electron chi connectivity index (χ0n) is 14.2. The van der Waals surface area contributed by atoms with E-state index in [1.54, 1.807) is 13.0 Å². The summed E-state index contributed by atoms with van der Waals surface area (Å²) < 4.78 is 0. The van der Waals surface area contributed by atoms with Gasteiger partial charge in [0.15, 0.2) is 0 Å². The van der Waals surface area contributed by atoms with E-state index >= 15 is 0 Å². The van der Waals surface area contributed by atoms with Crippen LogP contribution in [0, 0.1) is 0 Å². The van der Waals surface area contributed by atoms with Crippen LogP contribution in [0.4, 0.5) is 0 Å². The maximum Gasteiger partial charge on any atom is 0.331 e. The van der Waals surface area contributed by atoms with Gasteiger partial charge in [-0.25, -0.2) is 4.79 Å². The van der Waals surface area contributed by atoms with E-state index in [9.17, 15) is 9.59 Å². The number of nitrogens with zero attached hydrogens (tertiary/aromatic N) is 1. The Balaban J connectivity index is 2.02. The number of benzene rings is 2. The lowest BCUT2D eigenvalue weighted by atomic mass is 9.81. The van der Waals surface area contributed by atoms with Crippen molar-refractivity contribution < 1.29 is 14.4 Å². The lowest BCUT2D eigenvalue weighted by Gasteiger charge is -2.21. The molecule has 0 atom stereocenters. The van der Waals surface area contributed by atoms with Crippen LogP contribution in [0.15, 0.2) is 47.6 Å². The van der Waals surface area contributed by atoms with E-state index in [1.807, 2.05) is 24.3 Å². The third-order valence-corrected chi connectivity index (χ3v) is 4.49. The number of carbonyl (C=O) groups is 2. The number of rotatable bonds is 3. The van der Waals surface area contributed by atoms with Gasteiger partial charge in [0.2, 0.25) is 5.78 Å². The number of hydrogen-bond acceptors (Lipinski definition) is 4. The maximum absolute atomic E-state index is 12.5. The van der Waals surface area contributed by atoms with E-state index in [-0.39, 0.29) is 16.9 Å². The van der Waals surface area contributed by atoms with E-state index in [2.05, 4.69) is 36.0 Å². The summed E-state index contributed by atoms with van der Waals surface area (Å²) in [6.45, 7) is 7.10. The Morgan fingerprint density at radius 1 is 0.958 bits per heavy atom. The van der Waals surface area contributed by atoms with Crippen LogP contribution in [0.5, 0.6) is 0 Å². The summed E-state index contributed by atoms with van der Waals surface area (Å²) in [5.41, 5.74) is 5.28. The smallest absolute Gasteiger partial charge is 0.318 e. The molecule has 1 aliphatic rings. The van der Waals surface area contributed by atoms with Gasteiger partial charge in [0.25, 0.3) is 0 Å². The van der Waals surface area contributed by atoms with E-state index < -0.39 is 5.97 Å². The molecular formula is C20H19NO3. The number of Topliss-reactive ketones (excluding diaryl/α,β-unsaturated/α-hetero) is 1. The molecule has 0 bridgehead atoms. The summed E-state index contributed by atoms with van der Waals surface area (Å²) in [7, 11) is 0. The Kier molecular flexibility index (Phi) is 3.84. The summed E-state index contributed by atoms with van der Waals surface area (Å²) >= 11 is 0. The molecule has 4 nitrogen and oxygen atoms in total. The SMILES string of the molecule is CC(=O)O/N=C(/C)C(=O)c1ccc2c(c1)C(C)(C)c1ccccc1-2. The van der Waals surface area contributed by atoms with Crippen LogP contribution >= 0.6 is 0 Å².